The van der Waals surface area contributed by atoms with Crippen molar-refractivity contribution < 1.29 is 19.0 Å². The molecule has 5 heteroatoms. The standard InChI is InChI=1S/C23H29NO4/c1-2-3-7-22-15-18-14-21(10-11-23(18)28-22)26-13-12-24-16-19(25)17-27-20-8-5-4-6-9-20/h4-6,8-11,14-15,19,24-25H,2-3,7,12-13,16-17H2,1H3/t19-/m0/s1. The summed E-state index contributed by atoms with van der Waals surface area (Å²) >= 11 is 0. The van der Waals surface area contributed by atoms with Gasteiger partial charge in [0, 0.05) is 24.9 Å². The second-order valence-electron chi connectivity index (χ2n) is 6.85. The van der Waals surface area contributed by atoms with E-state index in [0.29, 0.717) is 19.7 Å². The average molecular weight is 383 g/mol. The predicted octanol–water partition coefficient (Wildman–Crippen LogP) is 4.18. The average Bonchev–Trinajstić information content (AvgIpc) is 3.13. The number of nitrogens with one attached hydrogen (secondary N) is 1. The van der Waals surface area contributed by atoms with E-state index in [0.717, 1.165) is 47.5 Å². The first-order valence-electron chi connectivity index (χ1n) is 9.96. The summed E-state index contributed by atoms with van der Waals surface area (Å²) < 4.78 is 17.2. The predicted molar refractivity (Wildman–Crippen MR) is 111 cm³/mol. The van der Waals surface area contributed by atoms with Gasteiger partial charge in [-0.15, -0.1) is 0 Å². The number of fused-ring (bicyclic) bond motifs is 1. The molecule has 1 atom stereocenters. The lowest BCUT2D eigenvalue weighted by atomic mass is 10.2. The molecule has 0 aliphatic carbocycles. The lowest BCUT2D eigenvalue weighted by Crippen LogP contribution is -2.33. The number of para-hydroxylation sites is 1. The Morgan fingerprint density at radius 3 is 2.71 bits per heavy atom. The summed E-state index contributed by atoms with van der Waals surface area (Å²) in [7, 11) is 0. The molecule has 0 unspecified atom stereocenters. The van der Waals surface area contributed by atoms with Gasteiger partial charge in [-0.1, -0.05) is 31.5 Å². The second kappa shape index (κ2) is 10.7. The SMILES string of the molecule is CCCCc1cc2cc(OCCNC[C@H](O)COc3ccccc3)ccc2o1. The van der Waals surface area contributed by atoms with Crippen LogP contribution >= 0.6 is 0 Å². The zero-order chi connectivity index (χ0) is 19.6. The molecule has 3 aromatic rings. The molecule has 0 saturated heterocycles. The fraction of sp³-hybridized carbons (Fsp3) is 0.391. The highest BCUT2D eigenvalue weighted by atomic mass is 16.5. The van der Waals surface area contributed by atoms with Crippen molar-refractivity contribution in [2.45, 2.75) is 32.3 Å². The highest BCUT2D eigenvalue weighted by Crippen LogP contribution is 2.25. The van der Waals surface area contributed by atoms with Gasteiger partial charge in [-0.3, -0.25) is 0 Å². The Morgan fingerprint density at radius 1 is 1.04 bits per heavy atom. The quantitative estimate of drug-likeness (QED) is 0.459. The number of hydrogen-bond acceptors (Lipinski definition) is 5. The van der Waals surface area contributed by atoms with E-state index in [-0.39, 0.29) is 6.61 Å². The molecule has 0 spiro atoms. The molecule has 150 valence electrons. The van der Waals surface area contributed by atoms with Crippen molar-refractivity contribution in [1.82, 2.24) is 5.32 Å². The van der Waals surface area contributed by atoms with E-state index in [1.807, 2.05) is 48.5 Å². The molecule has 0 saturated carbocycles. The van der Waals surface area contributed by atoms with Crippen LogP contribution in [0.25, 0.3) is 11.0 Å². The molecule has 0 bridgehead atoms. The Kier molecular flexibility index (Phi) is 7.76. The number of rotatable bonds is 12. The van der Waals surface area contributed by atoms with Gasteiger partial charge in [0.05, 0.1) is 0 Å². The Bertz CT molecular complexity index is 831. The monoisotopic (exact) mass is 383 g/mol. The minimum atomic E-state index is -0.566. The largest absolute Gasteiger partial charge is 0.492 e. The molecular formula is C23H29NO4. The fourth-order valence-corrected chi connectivity index (χ4v) is 2.92. The smallest absolute Gasteiger partial charge is 0.134 e. The van der Waals surface area contributed by atoms with Gasteiger partial charge in [-0.05, 0) is 42.8 Å². The molecule has 1 heterocycles. The van der Waals surface area contributed by atoms with Crippen molar-refractivity contribution in [2.75, 3.05) is 26.3 Å². The highest BCUT2D eigenvalue weighted by molar-refractivity contribution is 5.79. The summed E-state index contributed by atoms with van der Waals surface area (Å²) in [6, 6.07) is 17.5. The second-order valence-corrected chi connectivity index (χ2v) is 6.85. The molecule has 1 aromatic heterocycles. The van der Waals surface area contributed by atoms with E-state index in [4.69, 9.17) is 13.9 Å². The molecule has 28 heavy (non-hydrogen) atoms. The maximum Gasteiger partial charge on any atom is 0.134 e. The van der Waals surface area contributed by atoms with E-state index >= 15 is 0 Å². The molecule has 0 radical (unpaired) electrons. The van der Waals surface area contributed by atoms with E-state index in [1.165, 1.54) is 0 Å². The minimum Gasteiger partial charge on any atom is -0.492 e. The first kappa shape index (κ1) is 20.2. The van der Waals surface area contributed by atoms with Gasteiger partial charge in [-0.25, -0.2) is 0 Å². The van der Waals surface area contributed by atoms with Gasteiger partial charge in [0.2, 0.25) is 0 Å². The molecule has 0 aliphatic heterocycles. The van der Waals surface area contributed by atoms with Crippen molar-refractivity contribution in [3.8, 4) is 11.5 Å². The van der Waals surface area contributed by atoms with Crippen LogP contribution in [0, 0.1) is 0 Å². The number of ether oxygens (including phenoxy) is 2. The van der Waals surface area contributed by atoms with E-state index < -0.39 is 6.10 Å². The number of aryl methyl sites for hydroxylation is 1. The number of aliphatic hydroxyl groups is 1. The van der Waals surface area contributed by atoms with E-state index in [2.05, 4.69) is 18.3 Å². The third kappa shape index (κ3) is 6.29. The van der Waals surface area contributed by atoms with Crippen molar-refractivity contribution in [3.05, 3.63) is 60.4 Å². The van der Waals surface area contributed by atoms with Crippen LogP contribution in [0.15, 0.2) is 59.0 Å². The third-order valence-electron chi connectivity index (χ3n) is 4.43. The maximum atomic E-state index is 9.97. The molecule has 2 N–H and O–H groups in total. The molecular weight excluding hydrogens is 354 g/mol. The topological polar surface area (TPSA) is 63.9 Å². The van der Waals surface area contributed by atoms with Crippen LogP contribution in [0.1, 0.15) is 25.5 Å². The maximum absolute atomic E-state index is 9.97. The summed E-state index contributed by atoms with van der Waals surface area (Å²) in [4.78, 5) is 0. The van der Waals surface area contributed by atoms with Gasteiger partial charge in [0.1, 0.15) is 42.2 Å². The van der Waals surface area contributed by atoms with Gasteiger partial charge < -0.3 is 24.3 Å². The number of furan rings is 1. The van der Waals surface area contributed by atoms with Gasteiger partial charge in [-0.2, -0.15) is 0 Å². The Morgan fingerprint density at radius 2 is 1.89 bits per heavy atom. The summed E-state index contributed by atoms with van der Waals surface area (Å²) in [6.07, 6.45) is 2.70. The van der Waals surface area contributed by atoms with Crippen LogP contribution in [0.4, 0.5) is 0 Å². The van der Waals surface area contributed by atoms with Gasteiger partial charge in [0.25, 0.3) is 0 Å². The van der Waals surface area contributed by atoms with Crippen molar-refractivity contribution in [2.24, 2.45) is 0 Å². The summed E-state index contributed by atoms with van der Waals surface area (Å²) in [6.45, 7) is 4.07. The summed E-state index contributed by atoms with van der Waals surface area (Å²) in [5.41, 5.74) is 0.901. The zero-order valence-electron chi connectivity index (χ0n) is 16.4. The van der Waals surface area contributed by atoms with Crippen LogP contribution in [-0.4, -0.2) is 37.5 Å². The van der Waals surface area contributed by atoms with Crippen LogP contribution in [0.2, 0.25) is 0 Å². The van der Waals surface area contributed by atoms with Gasteiger partial charge in [0.15, 0.2) is 0 Å². The number of aliphatic hydroxyl groups excluding tert-OH is 1. The van der Waals surface area contributed by atoms with E-state index in [1.54, 1.807) is 0 Å². The Labute approximate surface area is 166 Å². The molecule has 5 nitrogen and oxygen atoms in total. The summed E-state index contributed by atoms with van der Waals surface area (Å²) in [5, 5.41) is 14.2. The lowest BCUT2D eigenvalue weighted by Gasteiger charge is -2.13. The van der Waals surface area contributed by atoms with Crippen LogP contribution < -0.4 is 14.8 Å². The van der Waals surface area contributed by atoms with Crippen molar-refractivity contribution >= 4 is 11.0 Å². The first-order chi connectivity index (χ1) is 13.7. The lowest BCUT2D eigenvalue weighted by molar-refractivity contribution is 0.105. The van der Waals surface area contributed by atoms with Crippen molar-refractivity contribution in [3.63, 3.8) is 0 Å². The molecule has 3 rings (SSSR count). The fourth-order valence-electron chi connectivity index (χ4n) is 2.92. The molecule has 0 fully saturated rings. The Balaban J connectivity index is 1.34. The first-order valence-corrected chi connectivity index (χ1v) is 9.96. The van der Waals surface area contributed by atoms with Crippen molar-refractivity contribution in [1.29, 1.82) is 0 Å². The number of benzene rings is 2. The Hall–Kier alpha value is -2.50. The highest BCUT2D eigenvalue weighted by Gasteiger charge is 2.06. The van der Waals surface area contributed by atoms with E-state index in [9.17, 15) is 5.11 Å². The minimum absolute atomic E-state index is 0.259. The number of unbranched alkanes of at least 4 members (excludes halogenated alkanes) is 1. The molecule has 0 amide bonds. The normalized spacial score (nSPS) is 12.2. The molecule has 0 aliphatic rings. The van der Waals surface area contributed by atoms with Crippen LogP contribution in [0.3, 0.4) is 0 Å². The van der Waals surface area contributed by atoms with Crippen LogP contribution in [-0.2, 0) is 6.42 Å². The molecule has 2 aromatic carbocycles. The van der Waals surface area contributed by atoms with Crippen LogP contribution in [0.5, 0.6) is 11.5 Å². The number of hydrogen-bond donors (Lipinski definition) is 2. The summed E-state index contributed by atoms with van der Waals surface area (Å²) in [5.74, 6) is 2.62. The third-order valence-corrected chi connectivity index (χ3v) is 4.43. The zero-order valence-corrected chi connectivity index (χ0v) is 16.4. The van der Waals surface area contributed by atoms with Gasteiger partial charge >= 0.3 is 0 Å².